The van der Waals surface area contributed by atoms with Gasteiger partial charge in [0.25, 0.3) is 0 Å². The Bertz CT molecular complexity index is 1020. The number of fused-ring (bicyclic) bond motifs is 1. The third-order valence-electron chi connectivity index (χ3n) is 3.37. The maximum atomic E-state index is 11.6. The van der Waals surface area contributed by atoms with E-state index in [4.69, 9.17) is 30.6 Å². The smallest absolute Gasteiger partial charge is 0.437 e. The molecule has 0 atom stereocenters. The molecule has 0 aliphatic heterocycles. The molecular weight excluding hydrogens is 398 g/mol. The topological polar surface area (TPSA) is 92.1 Å². The summed E-state index contributed by atoms with van der Waals surface area (Å²) in [5.41, 5.74) is 2.11. The quantitative estimate of drug-likeness (QED) is 0.176. The van der Waals surface area contributed by atoms with Crippen LogP contribution >= 0.6 is 11.6 Å². The van der Waals surface area contributed by atoms with Gasteiger partial charge in [0, 0.05) is 5.02 Å². The lowest BCUT2D eigenvalue weighted by atomic mass is 10.3. The molecule has 0 bridgehead atoms. The van der Waals surface area contributed by atoms with Crippen LogP contribution in [0.1, 0.15) is 13.8 Å². The minimum atomic E-state index is -0.835. The molecule has 3 aromatic rings. The summed E-state index contributed by atoms with van der Waals surface area (Å²) >= 11 is 5.94. The number of carbonyl (C=O) groups excluding carboxylic acids is 1. The van der Waals surface area contributed by atoms with E-state index in [9.17, 15) is 4.79 Å². The second-order valence-corrected chi connectivity index (χ2v) is 6.42. The molecule has 9 heteroatoms. The molecule has 0 spiro atoms. The van der Waals surface area contributed by atoms with Crippen LogP contribution in [0.5, 0.6) is 17.4 Å². The van der Waals surface area contributed by atoms with Crippen molar-refractivity contribution >= 4 is 34.5 Å². The van der Waals surface area contributed by atoms with Gasteiger partial charge in [-0.05, 0) is 56.3 Å². The Labute approximate surface area is 172 Å². The van der Waals surface area contributed by atoms with Crippen molar-refractivity contribution in [3.05, 3.63) is 53.7 Å². The molecule has 0 fully saturated rings. The van der Waals surface area contributed by atoms with Crippen LogP contribution in [0, 0.1) is 0 Å². The van der Waals surface area contributed by atoms with Crippen molar-refractivity contribution in [3.8, 4) is 17.4 Å². The van der Waals surface area contributed by atoms with Crippen LogP contribution in [0.2, 0.25) is 5.02 Å². The average molecular weight is 416 g/mol. The first-order chi connectivity index (χ1) is 14.0. The molecule has 0 saturated carbocycles. The summed E-state index contributed by atoms with van der Waals surface area (Å²) in [5.74, 6) is 1.15. The second kappa shape index (κ2) is 9.70. The average Bonchev–Trinajstić information content (AvgIpc) is 2.69. The Balaban J connectivity index is 1.51. The van der Waals surface area contributed by atoms with Crippen molar-refractivity contribution in [1.29, 1.82) is 0 Å². The standard InChI is InChI=1S/C20H18ClN3O5/c1-13(2)24-27-10-9-26-20(25)29-16-6-4-15(5-7-16)28-19-12-22-18-11-14(21)3-8-17(18)23-19/h3-8,11-12H,9-10H2,1-2H3. The number of halogens is 1. The Kier molecular flexibility index (Phi) is 6.80. The summed E-state index contributed by atoms with van der Waals surface area (Å²) in [6.45, 7) is 3.77. The van der Waals surface area contributed by atoms with Crippen LogP contribution in [-0.2, 0) is 9.57 Å². The lowest BCUT2D eigenvalue weighted by Gasteiger charge is -2.08. The van der Waals surface area contributed by atoms with Crippen molar-refractivity contribution < 1.29 is 23.8 Å². The van der Waals surface area contributed by atoms with Gasteiger partial charge in [-0.3, -0.25) is 0 Å². The van der Waals surface area contributed by atoms with Crippen molar-refractivity contribution in [2.24, 2.45) is 5.16 Å². The second-order valence-electron chi connectivity index (χ2n) is 5.99. The zero-order valence-corrected chi connectivity index (χ0v) is 16.5. The fourth-order valence-electron chi connectivity index (χ4n) is 2.18. The molecule has 0 radical (unpaired) electrons. The number of hydrogen-bond acceptors (Lipinski definition) is 8. The monoisotopic (exact) mass is 415 g/mol. The van der Waals surface area contributed by atoms with Gasteiger partial charge in [-0.25, -0.2) is 14.8 Å². The summed E-state index contributed by atoms with van der Waals surface area (Å²) < 4.78 is 15.6. The van der Waals surface area contributed by atoms with E-state index in [2.05, 4.69) is 15.1 Å². The van der Waals surface area contributed by atoms with Gasteiger partial charge in [0.1, 0.15) is 18.1 Å². The lowest BCUT2D eigenvalue weighted by Crippen LogP contribution is -2.13. The van der Waals surface area contributed by atoms with Crippen LogP contribution in [0.3, 0.4) is 0 Å². The number of aromatic nitrogens is 2. The molecule has 0 unspecified atom stereocenters. The number of ether oxygens (including phenoxy) is 3. The number of nitrogens with zero attached hydrogens (tertiary/aromatic N) is 3. The summed E-state index contributed by atoms with van der Waals surface area (Å²) in [4.78, 5) is 25.2. The van der Waals surface area contributed by atoms with Crippen LogP contribution in [0.25, 0.3) is 11.0 Å². The highest BCUT2D eigenvalue weighted by Crippen LogP contribution is 2.24. The number of oxime groups is 1. The van der Waals surface area contributed by atoms with Gasteiger partial charge in [0.2, 0.25) is 5.88 Å². The van der Waals surface area contributed by atoms with Gasteiger partial charge in [0.05, 0.1) is 22.9 Å². The molecule has 3 rings (SSSR count). The number of hydrogen-bond donors (Lipinski definition) is 0. The molecule has 2 aromatic carbocycles. The molecule has 150 valence electrons. The van der Waals surface area contributed by atoms with Gasteiger partial charge in [-0.2, -0.15) is 0 Å². The van der Waals surface area contributed by atoms with Crippen LogP contribution in [-0.4, -0.2) is 35.0 Å². The van der Waals surface area contributed by atoms with E-state index in [-0.39, 0.29) is 13.2 Å². The maximum Gasteiger partial charge on any atom is 0.513 e. The van der Waals surface area contributed by atoms with E-state index >= 15 is 0 Å². The first-order valence-corrected chi connectivity index (χ1v) is 9.05. The van der Waals surface area contributed by atoms with Gasteiger partial charge < -0.3 is 19.0 Å². The number of carbonyl (C=O) groups is 1. The Morgan fingerprint density at radius 3 is 2.55 bits per heavy atom. The zero-order valence-electron chi connectivity index (χ0n) is 15.8. The molecule has 0 N–H and O–H groups in total. The number of benzene rings is 2. The van der Waals surface area contributed by atoms with Gasteiger partial charge in [-0.1, -0.05) is 16.8 Å². The van der Waals surface area contributed by atoms with Gasteiger partial charge >= 0.3 is 6.16 Å². The fraction of sp³-hybridized carbons (Fsp3) is 0.200. The molecule has 0 aliphatic rings. The van der Waals surface area contributed by atoms with Crippen molar-refractivity contribution in [3.63, 3.8) is 0 Å². The number of rotatable bonds is 7. The summed E-state index contributed by atoms with van der Waals surface area (Å²) in [6.07, 6.45) is 0.672. The molecule has 1 aromatic heterocycles. The minimum absolute atomic E-state index is 0.0304. The van der Waals surface area contributed by atoms with E-state index < -0.39 is 6.16 Å². The zero-order chi connectivity index (χ0) is 20.6. The predicted octanol–water partition coefficient (Wildman–Crippen LogP) is 5.00. The maximum absolute atomic E-state index is 11.6. The molecule has 8 nitrogen and oxygen atoms in total. The minimum Gasteiger partial charge on any atom is -0.437 e. The van der Waals surface area contributed by atoms with E-state index in [0.29, 0.717) is 33.4 Å². The summed E-state index contributed by atoms with van der Waals surface area (Å²) in [7, 11) is 0. The SMILES string of the molecule is CC(C)=NOCCOC(=O)Oc1ccc(Oc2cnc3cc(Cl)ccc3n2)cc1. The third kappa shape index (κ3) is 6.32. The normalized spacial score (nSPS) is 10.3. The highest BCUT2D eigenvalue weighted by Gasteiger charge is 2.08. The van der Waals surface area contributed by atoms with Crippen molar-refractivity contribution in [2.75, 3.05) is 13.2 Å². The lowest BCUT2D eigenvalue weighted by molar-refractivity contribution is 0.0544. The fourth-order valence-corrected chi connectivity index (χ4v) is 2.34. The van der Waals surface area contributed by atoms with E-state index in [1.165, 1.54) is 6.20 Å². The van der Waals surface area contributed by atoms with Gasteiger partial charge in [-0.15, -0.1) is 0 Å². The Hall–Kier alpha value is -3.39. The summed E-state index contributed by atoms with van der Waals surface area (Å²) in [6, 6.07) is 11.6. The molecule has 0 aliphatic carbocycles. The highest BCUT2D eigenvalue weighted by atomic mass is 35.5. The molecule has 0 saturated heterocycles. The van der Waals surface area contributed by atoms with E-state index in [1.54, 1.807) is 56.3 Å². The Morgan fingerprint density at radius 1 is 1.03 bits per heavy atom. The van der Waals surface area contributed by atoms with Crippen LogP contribution in [0.4, 0.5) is 4.79 Å². The third-order valence-corrected chi connectivity index (χ3v) is 3.61. The van der Waals surface area contributed by atoms with E-state index in [0.717, 1.165) is 5.71 Å². The molecule has 29 heavy (non-hydrogen) atoms. The first-order valence-electron chi connectivity index (χ1n) is 8.67. The van der Waals surface area contributed by atoms with E-state index in [1.807, 2.05) is 0 Å². The largest absolute Gasteiger partial charge is 0.513 e. The van der Waals surface area contributed by atoms with Crippen LogP contribution in [0.15, 0.2) is 53.8 Å². The first kappa shape index (κ1) is 20.3. The predicted molar refractivity (Wildman–Crippen MR) is 108 cm³/mol. The van der Waals surface area contributed by atoms with Crippen molar-refractivity contribution in [2.45, 2.75) is 13.8 Å². The molecule has 0 amide bonds. The van der Waals surface area contributed by atoms with Gasteiger partial charge in [0.15, 0.2) is 6.61 Å². The molecular formula is C20H18ClN3O5. The van der Waals surface area contributed by atoms with Crippen LogP contribution < -0.4 is 9.47 Å². The van der Waals surface area contributed by atoms with Crippen molar-refractivity contribution in [1.82, 2.24) is 9.97 Å². The Morgan fingerprint density at radius 2 is 1.79 bits per heavy atom. The summed E-state index contributed by atoms with van der Waals surface area (Å²) in [5, 5.41) is 4.31. The highest BCUT2D eigenvalue weighted by molar-refractivity contribution is 6.31. The molecule has 1 heterocycles.